The maximum atomic E-state index is 11.8. The predicted molar refractivity (Wildman–Crippen MR) is 115 cm³/mol. The summed E-state index contributed by atoms with van der Waals surface area (Å²) in [6, 6.07) is 24.9. The SMILES string of the molecule is CS(=O)(=O)c1ccc(-c2c(-c3ccc(Br)cc3)cnn2-c2ccccc2)cc1. The molecule has 28 heavy (non-hydrogen) atoms. The van der Waals surface area contributed by atoms with Crippen molar-refractivity contribution >= 4 is 25.8 Å². The van der Waals surface area contributed by atoms with Crippen molar-refractivity contribution in [3.05, 3.63) is 89.5 Å². The lowest BCUT2D eigenvalue weighted by molar-refractivity contribution is 0.602. The first kappa shape index (κ1) is 18.7. The molecule has 0 unspecified atom stereocenters. The Balaban J connectivity index is 1.92. The number of halogens is 1. The van der Waals surface area contributed by atoms with Gasteiger partial charge in [0.05, 0.1) is 22.5 Å². The fourth-order valence-electron chi connectivity index (χ4n) is 3.09. The highest BCUT2D eigenvalue weighted by atomic mass is 79.9. The molecule has 0 saturated carbocycles. The van der Waals surface area contributed by atoms with Gasteiger partial charge in [0.2, 0.25) is 0 Å². The first-order chi connectivity index (χ1) is 13.4. The van der Waals surface area contributed by atoms with Crippen LogP contribution < -0.4 is 0 Å². The number of hydrogen-bond donors (Lipinski definition) is 0. The van der Waals surface area contributed by atoms with E-state index in [0.717, 1.165) is 32.5 Å². The predicted octanol–water partition coefficient (Wildman–Crippen LogP) is 5.37. The van der Waals surface area contributed by atoms with Crippen LogP contribution in [0.2, 0.25) is 0 Å². The van der Waals surface area contributed by atoms with Crippen LogP contribution in [0, 0.1) is 0 Å². The lowest BCUT2D eigenvalue weighted by Crippen LogP contribution is -2.00. The maximum Gasteiger partial charge on any atom is 0.175 e. The van der Waals surface area contributed by atoms with Gasteiger partial charge in [0.1, 0.15) is 0 Å². The molecule has 0 amide bonds. The molecule has 3 aromatic carbocycles. The van der Waals surface area contributed by atoms with E-state index in [1.54, 1.807) is 12.1 Å². The Morgan fingerprint density at radius 3 is 2.04 bits per heavy atom. The normalized spacial score (nSPS) is 11.5. The Morgan fingerprint density at radius 2 is 1.43 bits per heavy atom. The van der Waals surface area contributed by atoms with Crippen LogP contribution in [-0.2, 0) is 9.84 Å². The summed E-state index contributed by atoms with van der Waals surface area (Å²) in [5.74, 6) is 0. The summed E-state index contributed by atoms with van der Waals surface area (Å²) in [7, 11) is -3.25. The third-order valence-corrected chi connectivity index (χ3v) is 6.14. The molecule has 0 spiro atoms. The highest BCUT2D eigenvalue weighted by Gasteiger charge is 2.17. The second-order valence-corrected chi connectivity index (χ2v) is 9.39. The van der Waals surface area contributed by atoms with E-state index in [1.807, 2.05) is 77.6 Å². The summed E-state index contributed by atoms with van der Waals surface area (Å²) in [6.45, 7) is 0. The van der Waals surface area contributed by atoms with Crippen LogP contribution in [0.25, 0.3) is 28.1 Å². The Bertz CT molecular complexity index is 1210. The molecular formula is C22H17BrN2O2S. The molecule has 1 aromatic heterocycles. The number of nitrogens with zero attached hydrogens (tertiary/aromatic N) is 2. The van der Waals surface area contributed by atoms with Crippen LogP contribution in [0.3, 0.4) is 0 Å². The fraction of sp³-hybridized carbons (Fsp3) is 0.0455. The first-order valence-electron chi connectivity index (χ1n) is 8.63. The number of para-hydroxylation sites is 1. The molecule has 140 valence electrons. The lowest BCUT2D eigenvalue weighted by atomic mass is 10.0. The van der Waals surface area contributed by atoms with Gasteiger partial charge >= 0.3 is 0 Å². The lowest BCUT2D eigenvalue weighted by Gasteiger charge is -2.11. The summed E-state index contributed by atoms with van der Waals surface area (Å²) >= 11 is 3.47. The van der Waals surface area contributed by atoms with Crippen molar-refractivity contribution in [2.75, 3.05) is 6.26 Å². The number of rotatable bonds is 4. The summed E-state index contributed by atoms with van der Waals surface area (Å²) in [6.07, 6.45) is 3.06. The minimum absolute atomic E-state index is 0.298. The zero-order valence-electron chi connectivity index (χ0n) is 15.1. The van der Waals surface area contributed by atoms with Crippen LogP contribution >= 0.6 is 15.9 Å². The molecule has 4 nitrogen and oxygen atoms in total. The van der Waals surface area contributed by atoms with E-state index in [0.29, 0.717) is 4.90 Å². The summed E-state index contributed by atoms with van der Waals surface area (Å²) in [5, 5.41) is 4.62. The van der Waals surface area contributed by atoms with E-state index in [4.69, 9.17) is 0 Å². The van der Waals surface area contributed by atoms with Crippen molar-refractivity contribution < 1.29 is 8.42 Å². The number of hydrogen-bond acceptors (Lipinski definition) is 3. The van der Waals surface area contributed by atoms with Crippen molar-refractivity contribution in [2.45, 2.75) is 4.90 Å². The molecule has 0 aliphatic rings. The minimum Gasteiger partial charge on any atom is -0.232 e. The maximum absolute atomic E-state index is 11.8. The van der Waals surface area contributed by atoms with Gasteiger partial charge in [-0.3, -0.25) is 0 Å². The molecule has 4 aromatic rings. The van der Waals surface area contributed by atoms with Gasteiger partial charge in [0, 0.05) is 21.9 Å². The van der Waals surface area contributed by atoms with Crippen LogP contribution in [0.4, 0.5) is 0 Å². The molecule has 4 rings (SSSR count). The largest absolute Gasteiger partial charge is 0.232 e. The third kappa shape index (κ3) is 3.66. The van der Waals surface area contributed by atoms with E-state index in [2.05, 4.69) is 21.0 Å². The van der Waals surface area contributed by atoms with Crippen molar-refractivity contribution in [3.63, 3.8) is 0 Å². The molecule has 0 atom stereocenters. The quantitative estimate of drug-likeness (QED) is 0.417. The topological polar surface area (TPSA) is 52.0 Å². The van der Waals surface area contributed by atoms with Gasteiger partial charge in [0.15, 0.2) is 9.84 Å². The van der Waals surface area contributed by atoms with Gasteiger partial charge < -0.3 is 0 Å². The van der Waals surface area contributed by atoms with E-state index in [1.165, 1.54) is 6.26 Å². The highest BCUT2D eigenvalue weighted by Crippen LogP contribution is 2.34. The van der Waals surface area contributed by atoms with Crippen LogP contribution in [0.15, 0.2) is 94.4 Å². The number of benzene rings is 3. The Labute approximate surface area is 172 Å². The van der Waals surface area contributed by atoms with Crippen LogP contribution in [-0.4, -0.2) is 24.5 Å². The van der Waals surface area contributed by atoms with Gasteiger partial charge in [0.25, 0.3) is 0 Å². The molecule has 0 fully saturated rings. The monoisotopic (exact) mass is 452 g/mol. The highest BCUT2D eigenvalue weighted by molar-refractivity contribution is 9.10. The molecule has 0 bridgehead atoms. The van der Waals surface area contributed by atoms with Crippen molar-refractivity contribution in [1.29, 1.82) is 0 Å². The zero-order chi connectivity index (χ0) is 19.7. The van der Waals surface area contributed by atoms with Crippen molar-refractivity contribution in [1.82, 2.24) is 9.78 Å². The van der Waals surface area contributed by atoms with E-state index in [-0.39, 0.29) is 0 Å². The van der Waals surface area contributed by atoms with Gasteiger partial charge in [-0.1, -0.05) is 58.4 Å². The van der Waals surface area contributed by atoms with E-state index < -0.39 is 9.84 Å². The van der Waals surface area contributed by atoms with E-state index >= 15 is 0 Å². The first-order valence-corrected chi connectivity index (χ1v) is 11.3. The van der Waals surface area contributed by atoms with Gasteiger partial charge in [-0.2, -0.15) is 5.10 Å². The number of aromatic nitrogens is 2. The summed E-state index contributed by atoms with van der Waals surface area (Å²) in [5.41, 5.74) is 4.75. The van der Waals surface area contributed by atoms with Gasteiger partial charge in [-0.25, -0.2) is 13.1 Å². The molecule has 0 N–H and O–H groups in total. The molecule has 1 heterocycles. The van der Waals surface area contributed by atoms with E-state index in [9.17, 15) is 8.42 Å². The second kappa shape index (κ2) is 7.37. The summed E-state index contributed by atoms with van der Waals surface area (Å²) < 4.78 is 26.5. The molecule has 0 radical (unpaired) electrons. The third-order valence-electron chi connectivity index (χ3n) is 4.48. The van der Waals surface area contributed by atoms with Gasteiger partial charge in [-0.15, -0.1) is 0 Å². The molecule has 0 aliphatic heterocycles. The van der Waals surface area contributed by atoms with Crippen molar-refractivity contribution in [3.8, 4) is 28.1 Å². The Kier molecular flexibility index (Phi) is 4.91. The molecule has 0 aliphatic carbocycles. The standard InChI is InChI=1S/C22H17BrN2O2S/c1-28(26,27)20-13-9-17(10-14-20)22-21(16-7-11-18(23)12-8-16)15-24-25(22)19-5-3-2-4-6-19/h2-15H,1H3. The van der Waals surface area contributed by atoms with Crippen LogP contribution in [0.5, 0.6) is 0 Å². The van der Waals surface area contributed by atoms with Crippen LogP contribution in [0.1, 0.15) is 0 Å². The smallest absolute Gasteiger partial charge is 0.175 e. The average Bonchev–Trinajstić information content (AvgIpc) is 3.14. The van der Waals surface area contributed by atoms with Crippen molar-refractivity contribution in [2.24, 2.45) is 0 Å². The summed E-state index contributed by atoms with van der Waals surface area (Å²) in [4.78, 5) is 0.298. The fourth-order valence-corrected chi connectivity index (χ4v) is 3.99. The zero-order valence-corrected chi connectivity index (χ0v) is 17.5. The molecular weight excluding hydrogens is 436 g/mol. The average molecular weight is 453 g/mol. The Morgan fingerprint density at radius 1 is 0.821 bits per heavy atom. The number of sulfone groups is 1. The molecule has 0 saturated heterocycles. The molecule has 6 heteroatoms. The van der Waals surface area contributed by atoms with Gasteiger partial charge in [-0.05, 0) is 42.0 Å². The Hall–Kier alpha value is -2.70. The second-order valence-electron chi connectivity index (χ2n) is 6.46. The minimum atomic E-state index is -3.25.